The van der Waals surface area contributed by atoms with Gasteiger partial charge in [0.1, 0.15) is 0 Å². The number of benzene rings is 1. The highest BCUT2D eigenvalue weighted by Gasteiger charge is 2.25. The number of aromatic nitrogens is 4. The van der Waals surface area contributed by atoms with Crippen LogP contribution in [0.3, 0.4) is 0 Å². The van der Waals surface area contributed by atoms with E-state index in [0.717, 1.165) is 4.31 Å². The molecule has 9 heteroatoms. The molecule has 0 aliphatic heterocycles. The summed E-state index contributed by atoms with van der Waals surface area (Å²) in [5.74, 6) is 0.334. The van der Waals surface area contributed by atoms with E-state index in [-0.39, 0.29) is 10.8 Å². The molecule has 7 nitrogen and oxygen atoms in total. The standard InChI is InChI=1S/C14H14ClN5O2S/c1-9-12(15)10(2)20-13(16-9)17-14(18-20)19(3)23(21,22)11-7-5-4-6-8-11/h4-8H,1-3H3. The molecule has 1 aromatic carbocycles. The molecular formula is C14H14ClN5O2S. The Kier molecular flexibility index (Phi) is 3.73. The molecule has 0 aliphatic rings. The van der Waals surface area contributed by atoms with Gasteiger partial charge < -0.3 is 0 Å². The Morgan fingerprint density at radius 3 is 2.43 bits per heavy atom. The fraction of sp³-hybridized carbons (Fsp3) is 0.214. The van der Waals surface area contributed by atoms with Crippen molar-refractivity contribution in [3.05, 3.63) is 46.7 Å². The Bertz CT molecular complexity index is 985. The average Bonchev–Trinajstić information content (AvgIpc) is 2.96. The van der Waals surface area contributed by atoms with Crippen LogP contribution in [0.25, 0.3) is 5.78 Å². The highest BCUT2D eigenvalue weighted by atomic mass is 35.5. The number of halogens is 1. The SMILES string of the molecule is Cc1nc2nc(N(C)S(=O)(=O)c3ccccc3)nn2c(C)c1Cl. The first-order valence-corrected chi connectivity index (χ1v) is 8.57. The van der Waals surface area contributed by atoms with Crippen LogP contribution in [0.2, 0.25) is 5.02 Å². The summed E-state index contributed by atoms with van der Waals surface area (Å²) in [6.45, 7) is 3.53. The Morgan fingerprint density at radius 1 is 1.13 bits per heavy atom. The average molecular weight is 352 g/mol. The normalized spacial score (nSPS) is 11.8. The lowest BCUT2D eigenvalue weighted by molar-refractivity contribution is 0.593. The molecule has 0 saturated heterocycles. The summed E-state index contributed by atoms with van der Waals surface area (Å²) in [6.07, 6.45) is 0. The second-order valence-corrected chi connectivity index (χ2v) is 7.35. The third-order valence-corrected chi connectivity index (χ3v) is 5.78. The topological polar surface area (TPSA) is 80.5 Å². The van der Waals surface area contributed by atoms with Gasteiger partial charge in [-0.05, 0) is 26.0 Å². The Balaban J connectivity index is 2.12. The summed E-state index contributed by atoms with van der Waals surface area (Å²) >= 11 is 6.15. The third-order valence-electron chi connectivity index (χ3n) is 3.48. The van der Waals surface area contributed by atoms with E-state index in [1.165, 1.54) is 23.7 Å². The molecule has 0 atom stereocenters. The van der Waals surface area contributed by atoms with Gasteiger partial charge in [-0.1, -0.05) is 29.8 Å². The summed E-state index contributed by atoms with van der Waals surface area (Å²) in [6, 6.07) is 8.11. The molecule has 0 spiro atoms. The first-order valence-electron chi connectivity index (χ1n) is 6.76. The van der Waals surface area contributed by atoms with Crippen molar-refractivity contribution in [2.45, 2.75) is 18.7 Å². The van der Waals surface area contributed by atoms with E-state index in [1.807, 2.05) is 0 Å². The lowest BCUT2D eigenvalue weighted by atomic mass is 10.3. The summed E-state index contributed by atoms with van der Waals surface area (Å²) in [5, 5.41) is 4.69. The Hall–Kier alpha value is -2.19. The van der Waals surface area contributed by atoms with Gasteiger partial charge in [0.25, 0.3) is 21.7 Å². The van der Waals surface area contributed by atoms with Crippen molar-refractivity contribution in [2.75, 3.05) is 11.4 Å². The molecule has 0 radical (unpaired) electrons. The summed E-state index contributed by atoms with van der Waals surface area (Å²) in [7, 11) is -2.33. The van der Waals surface area contributed by atoms with Gasteiger partial charge in [-0.25, -0.2) is 17.7 Å². The lowest BCUT2D eigenvalue weighted by Gasteiger charge is -2.14. The maximum Gasteiger partial charge on any atom is 0.266 e. The number of hydrogen-bond donors (Lipinski definition) is 0. The molecule has 0 saturated carbocycles. The molecule has 2 heterocycles. The smallest absolute Gasteiger partial charge is 0.235 e. The molecule has 0 bridgehead atoms. The fourth-order valence-corrected chi connectivity index (χ4v) is 3.37. The Labute approximate surface area is 138 Å². The van der Waals surface area contributed by atoms with Gasteiger partial charge in [0.05, 0.1) is 21.3 Å². The van der Waals surface area contributed by atoms with Crippen molar-refractivity contribution < 1.29 is 8.42 Å². The number of aryl methyl sites for hydroxylation is 2. The summed E-state index contributed by atoms with van der Waals surface area (Å²) < 4.78 is 27.7. The van der Waals surface area contributed by atoms with Crippen molar-refractivity contribution in [1.29, 1.82) is 0 Å². The molecule has 0 unspecified atom stereocenters. The molecule has 2 aromatic heterocycles. The van der Waals surface area contributed by atoms with Gasteiger partial charge in [-0.2, -0.15) is 9.50 Å². The number of rotatable bonds is 3. The number of fused-ring (bicyclic) bond motifs is 1. The maximum atomic E-state index is 12.6. The van der Waals surface area contributed by atoms with Gasteiger partial charge in [0, 0.05) is 7.05 Å². The zero-order chi connectivity index (χ0) is 16.8. The molecule has 0 fully saturated rings. The van der Waals surface area contributed by atoms with Crippen LogP contribution in [-0.4, -0.2) is 35.0 Å². The number of sulfonamides is 1. The van der Waals surface area contributed by atoms with Crippen molar-refractivity contribution >= 4 is 33.4 Å². The van der Waals surface area contributed by atoms with E-state index in [1.54, 1.807) is 32.0 Å². The molecule has 3 rings (SSSR count). The van der Waals surface area contributed by atoms with Crippen LogP contribution in [0.1, 0.15) is 11.4 Å². The van der Waals surface area contributed by atoms with Crippen LogP contribution in [0.5, 0.6) is 0 Å². The minimum absolute atomic E-state index is 0.0334. The lowest BCUT2D eigenvalue weighted by Crippen LogP contribution is -2.27. The molecule has 0 N–H and O–H groups in total. The summed E-state index contributed by atoms with van der Waals surface area (Å²) in [5.41, 5.74) is 1.27. The molecule has 0 amide bonds. The largest absolute Gasteiger partial charge is 0.266 e. The quantitative estimate of drug-likeness (QED) is 0.722. The van der Waals surface area contributed by atoms with Crippen LogP contribution in [0.4, 0.5) is 5.95 Å². The number of anilines is 1. The van der Waals surface area contributed by atoms with E-state index >= 15 is 0 Å². The van der Waals surface area contributed by atoms with Gasteiger partial charge in [0.15, 0.2) is 0 Å². The van der Waals surface area contributed by atoms with Crippen molar-refractivity contribution in [3.63, 3.8) is 0 Å². The highest BCUT2D eigenvalue weighted by molar-refractivity contribution is 7.92. The van der Waals surface area contributed by atoms with E-state index in [0.29, 0.717) is 22.2 Å². The van der Waals surface area contributed by atoms with E-state index in [2.05, 4.69) is 15.1 Å². The highest BCUT2D eigenvalue weighted by Crippen LogP contribution is 2.22. The molecule has 120 valence electrons. The van der Waals surface area contributed by atoms with Gasteiger partial charge in [-0.3, -0.25) is 0 Å². The zero-order valence-corrected chi connectivity index (χ0v) is 14.3. The fourth-order valence-electron chi connectivity index (χ4n) is 2.14. The molecular weight excluding hydrogens is 338 g/mol. The number of hydrogen-bond acceptors (Lipinski definition) is 5. The van der Waals surface area contributed by atoms with Crippen LogP contribution >= 0.6 is 11.6 Å². The minimum atomic E-state index is -3.74. The predicted octanol–water partition coefficient (Wildman–Crippen LogP) is 2.22. The van der Waals surface area contributed by atoms with Gasteiger partial charge in [0.2, 0.25) is 0 Å². The maximum absolute atomic E-state index is 12.6. The minimum Gasteiger partial charge on any atom is -0.235 e. The van der Waals surface area contributed by atoms with E-state index in [4.69, 9.17) is 11.6 Å². The van der Waals surface area contributed by atoms with Crippen LogP contribution in [0, 0.1) is 13.8 Å². The Morgan fingerprint density at radius 2 is 1.78 bits per heavy atom. The molecule has 0 aliphatic carbocycles. The predicted molar refractivity (Wildman–Crippen MR) is 87.3 cm³/mol. The monoisotopic (exact) mass is 351 g/mol. The van der Waals surface area contributed by atoms with Crippen molar-refractivity contribution in [3.8, 4) is 0 Å². The van der Waals surface area contributed by atoms with Crippen LogP contribution in [0.15, 0.2) is 35.2 Å². The summed E-state index contributed by atoms with van der Waals surface area (Å²) in [4.78, 5) is 8.59. The van der Waals surface area contributed by atoms with E-state index < -0.39 is 10.0 Å². The van der Waals surface area contributed by atoms with Gasteiger partial charge in [-0.15, -0.1) is 5.10 Å². The van der Waals surface area contributed by atoms with Crippen molar-refractivity contribution in [1.82, 2.24) is 19.6 Å². The third kappa shape index (κ3) is 2.53. The zero-order valence-electron chi connectivity index (χ0n) is 12.7. The van der Waals surface area contributed by atoms with Crippen molar-refractivity contribution in [2.24, 2.45) is 0 Å². The van der Waals surface area contributed by atoms with Crippen LogP contribution < -0.4 is 4.31 Å². The number of nitrogens with zero attached hydrogens (tertiary/aromatic N) is 5. The molecule has 3 aromatic rings. The van der Waals surface area contributed by atoms with Gasteiger partial charge >= 0.3 is 0 Å². The first kappa shape index (κ1) is 15.7. The second-order valence-electron chi connectivity index (χ2n) is 5.01. The van der Waals surface area contributed by atoms with E-state index in [9.17, 15) is 8.42 Å². The van der Waals surface area contributed by atoms with Crippen LogP contribution in [-0.2, 0) is 10.0 Å². The second kappa shape index (κ2) is 5.47. The molecule has 23 heavy (non-hydrogen) atoms. The first-order chi connectivity index (χ1) is 10.8.